The number of halogens is 1. The molecule has 0 aromatic heterocycles. The van der Waals surface area contributed by atoms with Crippen LogP contribution in [0.15, 0.2) is 18.2 Å². The molecule has 0 aliphatic heterocycles. The van der Waals surface area contributed by atoms with Crippen LogP contribution in [0.2, 0.25) is 5.02 Å². The summed E-state index contributed by atoms with van der Waals surface area (Å²) in [7, 11) is 0. The Hall–Kier alpha value is -0.910. The van der Waals surface area contributed by atoms with Gasteiger partial charge < -0.3 is 0 Å². The number of aldehydes is 1. The Bertz CT molecular complexity index is 390. The van der Waals surface area contributed by atoms with E-state index in [1.807, 2.05) is 0 Å². The minimum atomic E-state index is 0.572. The van der Waals surface area contributed by atoms with Gasteiger partial charge in [-0.1, -0.05) is 29.5 Å². The molecule has 0 unspecified atom stereocenters. The van der Waals surface area contributed by atoms with Gasteiger partial charge in [-0.25, -0.2) is 0 Å². The maximum Gasteiger partial charge on any atom is 0.150 e. The van der Waals surface area contributed by atoms with Gasteiger partial charge in [0.25, 0.3) is 0 Å². The molecule has 0 spiro atoms. The van der Waals surface area contributed by atoms with Crippen LogP contribution in [-0.2, 0) is 0 Å². The molecule has 72 valence electrons. The van der Waals surface area contributed by atoms with Crippen LogP contribution in [0.5, 0.6) is 0 Å². The molecule has 14 heavy (non-hydrogen) atoms. The van der Waals surface area contributed by atoms with E-state index in [9.17, 15) is 4.79 Å². The van der Waals surface area contributed by atoms with E-state index in [1.165, 1.54) is 0 Å². The SMILES string of the molecule is O=Cc1ccc(Cl)c(C#CCCS)c1. The van der Waals surface area contributed by atoms with Crippen LogP contribution in [0.1, 0.15) is 22.3 Å². The third-order valence-corrected chi connectivity index (χ3v) is 2.14. The monoisotopic (exact) mass is 224 g/mol. The van der Waals surface area contributed by atoms with E-state index >= 15 is 0 Å². The van der Waals surface area contributed by atoms with E-state index in [1.54, 1.807) is 18.2 Å². The van der Waals surface area contributed by atoms with Crippen molar-refractivity contribution in [3.8, 4) is 11.8 Å². The Kier molecular flexibility index (Phi) is 4.58. The lowest BCUT2D eigenvalue weighted by Crippen LogP contribution is -1.83. The van der Waals surface area contributed by atoms with E-state index in [0.29, 0.717) is 22.6 Å². The first-order valence-electron chi connectivity index (χ1n) is 4.12. The molecule has 0 radical (unpaired) electrons. The number of benzene rings is 1. The van der Waals surface area contributed by atoms with Gasteiger partial charge in [-0.3, -0.25) is 4.79 Å². The highest BCUT2D eigenvalue weighted by Crippen LogP contribution is 2.15. The van der Waals surface area contributed by atoms with Crippen LogP contribution in [-0.4, -0.2) is 12.0 Å². The van der Waals surface area contributed by atoms with Gasteiger partial charge in [-0.2, -0.15) is 12.6 Å². The van der Waals surface area contributed by atoms with E-state index in [4.69, 9.17) is 11.6 Å². The molecule has 3 heteroatoms. The first kappa shape index (κ1) is 11.2. The second kappa shape index (κ2) is 5.74. The molecule has 1 aromatic rings. The zero-order valence-electron chi connectivity index (χ0n) is 7.46. The van der Waals surface area contributed by atoms with Crippen LogP contribution in [0.25, 0.3) is 0 Å². The van der Waals surface area contributed by atoms with Gasteiger partial charge in [-0.05, 0) is 12.1 Å². The number of carbonyl (C=O) groups excluding carboxylic acids is 1. The molecule has 0 saturated carbocycles. The maximum absolute atomic E-state index is 10.5. The highest BCUT2D eigenvalue weighted by atomic mass is 35.5. The average Bonchev–Trinajstić information content (AvgIpc) is 2.21. The molecule has 0 bridgehead atoms. The van der Waals surface area contributed by atoms with Gasteiger partial charge in [0.15, 0.2) is 0 Å². The fourth-order valence-electron chi connectivity index (χ4n) is 0.926. The van der Waals surface area contributed by atoms with Gasteiger partial charge >= 0.3 is 0 Å². The molecule has 0 aliphatic carbocycles. The Morgan fingerprint density at radius 1 is 1.50 bits per heavy atom. The van der Waals surface area contributed by atoms with Crippen molar-refractivity contribution < 1.29 is 4.79 Å². The van der Waals surface area contributed by atoms with Crippen molar-refractivity contribution in [3.05, 3.63) is 34.3 Å². The molecule has 0 N–H and O–H groups in total. The fourth-order valence-corrected chi connectivity index (χ4v) is 1.20. The summed E-state index contributed by atoms with van der Waals surface area (Å²) in [4.78, 5) is 10.5. The van der Waals surface area contributed by atoms with Crippen molar-refractivity contribution in [2.75, 3.05) is 5.75 Å². The summed E-state index contributed by atoms with van der Waals surface area (Å²) in [6, 6.07) is 5.02. The van der Waals surface area contributed by atoms with Crippen LogP contribution in [0.3, 0.4) is 0 Å². The lowest BCUT2D eigenvalue weighted by molar-refractivity contribution is 0.112. The standard InChI is InChI=1S/C11H9ClOS/c12-11-5-4-9(8-13)7-10(11)3-1-2-6-14/h4-5,7-8,14H,2,6H2. The molecule has 1 rings (SSSR count). The number of hydrogen-bond donors (Lipinski definition) is 1. The molecule has 1 aromatic carbocycles. The molecular formula is C11H9ClOS. The third-order valence-electron chi connectivity index (χ3n) is 1.59. The Morgan fingerprint density at radius 2 is 2.29 bits per heavy atom. The summed E-state index contributed by atoms with van der Waals surface area (Å²) < 4.78 is 0. The second-order valence-corrected chi connectivity index (χ2v) is 3.49. The Labute approximate surface area is 93.9 Å². The van der Waals surface area contributed by atoms with Crippen LogP contribution >= 0.6 is 24.2 Å². The Balaban J connectivity index is 2.96. The van der Waals surface area contributed by atoms with Gasteiger partial charge in [0.1, 0.15) is 6.29 Å². The summed E-state index contributed by atoms with van der Waals surface area (Å²) in [5, 5.41) is 0.572. The Morgan fingerprint density at radius 3 is 2.93 bits per heavy atom. The smallest absolute Gasteiger partial charge is 0.150 e. The lowest BCUT2D eigenvalue weighted by Gasteiger charge is -1.96. The first-order chi connectivity index (χ1) is 6.77. The van der Waals surface area contributed by atoms with E-state index in [2.05, 4.69) is 24.5 Å². The highest BCUT2D eigenvalue weighted by molar-refractivity contribution is 7.80. The van der Waals surface area contributed by atoms with Crippen molar-refractivity contribution in [2.24, 2.45) is 0 Å². The van der Waals surface area contributed by atoms with Crippen LogP contribution in [0.4, 0.5) is 0 Å². The lowest BCUT2D eigenvalue weighted by atomic mass is 10.1. The van der Waals surface area contributed by atoms with Crippen LogP contribution in [0, 0.1) is 11.8 Å². The average molecular weight is 225 g/mol. The van der Waals surface area contributed by atoms with Gasteiger partial charge in [0.05, 0.1) is 5.02 Å². The number of thiol groups is 1. The minimum Gasteiger partial charge on any atom is -0.298 e. The van der Waals surface area contributed by atoms with E-state index in [-0.39, 0.29) is 0 Å². The van der Waals surface area contributed by atoms with Crippen LogP contribution < -0.4 is 0 Å². The van der Waals surface area contributed by atoms with E-state index in [0.717, 1.165) is 12.0 Å². The van der Waals surface area contributed by atoms with Crippen molar-refractivity contribution in [1.82, 2.24) is 0 Å². The maximum atomic E-state index is 10.5. The van der Waals surface area contributed by atoms with Gasteiger partial charge in [0, 0.05) is 23.3 Å². The number of hydrogen-bond acceptors (Lipinski definition) is 2. The molecule has 0 heterocycles. The second-order valence-electron chi connectivity index (χ2n) is 2.63. The van der Waals surface area contributed by atoms with Crippen molar-refractivity contribution in [1.29, 1.82) is 0 Å². The quantitative estimate of drug-likeness (QED) is 0.465. The number of rotatable bonds is 2. The predicted octanol–water partition coefficient (Wildman–Crippen LogP) is 2.82. The topological polar surface area (TPSA) is 17.1 Å². The summed E-state index contributed by atoms with van der Waals surface area (Å²) in [5.41, 5.74) is 1.28. The zero-order valence-corrected chi connectivity index (χ0v) is 9.11. The summed E-state index contributed by atoms with van der Waals surface area (Å²) in [6.07, 6.45) is 1.49. The fraction of sp³-hybridized carbons (Fsp3) is 0.182. The zero-order chi connectivity index (χ0) is 10.4. The molecule has 0 aliphatic rings. The molecule has 0 saturated heterocycles. The molecule has 0 amide bonds. The van der Waals surface area contributed by atoms with Crippen molar-refractivity contribution in [2.45, 2.75) is 6.42 Å². The van der Waals surface area contributed by atoms with Crippen molar-refractivity contribution >= 4 is 30.5 Å². The molecule has 0 fully saturated rings. The summed E-state index contributed by atoms with van der Waals surface area (Å²) >= 11 is 9.93. The summed E-state index contributed by atoms with van der Waals surface area (Å²) in [6.45, 7) is 0. The molecule has 1 nitrogen and oxygen atoms in total. The predicted molar refractivity (Wildman–Crippen MR) is 62.2 cm³/mol. The van der Waals surface area contributed by atoms with E-state index < -0.39 is 0 Å². The van der Waals surface area contributed by atoms with Gasteiger partial charge in [0.2, 0.25) is 0 Å². The molecule has 0 atom stereocenters. The minimum absolute atomic E-state index is 0.572. The highest BCUT2D eigenvalue weighted by Gasteiger charge is 1.97. The first-order valence-corrected chi connectivity index (χ1v) is 5.13. The van der Waals surface area contributed by atoms with Crippen molar-refractivity contribution in [3.63, 3.8) is 0 Å². The normalized spacial score (nSPS) is 9.00. The third kappa shape index (κ3) is 3.10. The summed E-state index contributed by atoms with van der Waals surface area (Å²) in [5.74, 6) is 6.54. The molecular weight excluding hydrogens is 216 g/mol. The largest absolute Gasteiger partial charge is 0.298 e. The number of carbonyl (C=O) groups is 1. The van der Waals surface area contributed by atoms with Gasteiger partial charge in [-0.15, -0.1) is 0 Å².